The Labute approximate surface area is 114 Å². The zero-order valence-corrected chi connectivity index (χ0v) is 12.2. The van der Waals surface area contributed by atoms with Gasteiger partial charge in [0.15, 0.2) is 0 Å². The van der Waals surface area contributed by atoms with Gasteiger partial charge in [0.05, 0.1) is 13.2 Å². The minimum absolute atomic E-state index is 0.491. The van der Waals surface area contributed by atoms with Gasteiger partial charge in [0.25, 0.3) is 0 Å². The third-order valence-electron chi connectivity index (χ3n) is 0.753. The summed E-state index contributed by atoms with van der Waals surface area (Å²) in [5, 5.41) is 0.491. The molecule has 6 nitrogen and oxygen atoms in total. The van der Waals surface area contributed by atoms with Crippen molar-refractivity contribution in [3.63, 3.8) is 0 Å². The van der Waals surface area contributed by atoms with Crippen molar-refractivity contribution in [1.82, 2.24) is 0 Å². The van der Waals surface area contributed by atoms with Crippen LogP contribution in [0.3, 0.4) is 0 Å². The van der Waals surface area contributed by atoms with Gasteiger partial charge in [-0.25, -0.2) is 0 Å². The molecule has 0 heterocycles. The minimum atomic E-state index is -4.09. The van der Waals surface area contributed by atoms with Crippen molar-refractivity contribution in [1.29, 1.82) is 0 Å². The fourth-order valence-corrected chi connectivity index (χ4v) is 1.18. The summed E-state index contributed by atoms with van der Waals surface area (Å²) in [6, 6.07) is 0. The van der Waals surface area contributed by atoms with Crippen LogP contribution in [0.5, 0.6) is 0 Å². The number of rotatable bonds is 6. The van der Waals surface area contributed by atoms with E-state index in [1.54, 1.807) is 0 Å². The zero-order chi connectivity index (χ0) is 14.1. The van der Waals surface area contributed by atoms with E-state index in [9.17, 15) is 16.8 Å². The molecule has 17 heavy (non-hydrogen) atoms. The molecule has 0 spiro atoms. The molecule has 0 bridgehead atoms. The van der Waals surface area contributed by atoms with Crippen LogP contribution in [-0.4, -0.2) is 30.0 Å². The minimum Gasteiger partial charge on any atom is -0.255 e. The van der Waals surface area contributed by atoms with E-state index in [2.05, 4.69) is 42.9 Å². The molecule has 0 atom stereocenters. The Hall–Kier alpha value is 0.170. The number of allylic oxidation sites excluding steroid dienone is 2. The predicted octanol–water partition coefficient (Wildman–Crippen LogP) is 1.91. The second-order valence-electron chi connectivity index (χ2n) is 2.08. The second kappa shape index (κ2) is 9.15. The monoisotopic (exact) mass is 346 g/mol. The highest BCUT2D eigenvalue weighted by Crippen LogP contribution is 2.01. The van der Waals surface area contributed by atoms with Crippen molar-refractivity contribution in [2.24, 2.45) is 0 Å². The summed E-state index contributed by atoms with van der Waals surface area (Å²) in [4.78, 5) is 0. The van der Waals surface area contributed by atoms with Crippen LogP contribution in [0.4, 0.5) is 0 Å². The summed E-state index contributed by atoms with van der Waals surface area (Å²) < 4.78 is 48.1. The Morgan fingerprint density at radius 1 is 1.06 bits per heavy atom. The first kappa shape index (κ1) is 19.5. The molecule has 0 aliphatic heterocycles. The third-order valence-corrected chi connectivity index (χ3v) is 2.34. The van der Waals surface area contributed by atoms with Crippen molar-refractivity contribution >= 4 is 51.6 Å². The largest absolute Gasteiger partial charge is 0.355 e. The molecule has 0 aliphatic carbocycles. The highest BCUT2D eigenvalue weighted by Gasteiger charge is 2.07. The second-order valence-corrected chi connectivity index (χ2v) is 6.88. The molecule has 0 radical (unpaired) electrons. The standard InChI is InChI=1S/C4H5Cl.C2H4Cl2O6S2/c1-3-4(2)5;3-11(5,6)9-1-2-10-12(4,7)8/h3H,1-2H2;1-2H2. The summed E-state index contributed by atoms with van der Waals surface area (Å²) >= 11 is 5.15. The van der Waals surface area contributed by atoms with Crippen LogP contribution in [0.15, 0.2) is 24.3 Å². The molecule has 0 aliphatic rings. The van der Waals surface area contributed by atoms with Crippen LogP contribution in [-0.2, 0) is 27.0 Å². The lowest BCUT2D eigenvalue weighted by atomic mass is 10.6. The molecule has 0 aromatic heterocycles. The van der Waals surface area contributed by atoms with Crippen molar-refractivity contribution in [2.75, 3.05) is 13.2 Å². The van der Waals surface area contributed by atoms with E-state index in [0.717, 1.165) is 0 Å². The van der Waals surface area contributed by atoms with Gasteiger partial charge >= 0.3 is 18.7 Å². The normalized spacial score (nSPS) is 11.2. The summed E-state index contributed by atoms with van der Waals surface area (Å²) in [6.45, 7) is 5.62. The van der Waals surface area contributed by atoms with Gasteiger partial charge in [-0.05, 0) is 0 Å². The maximum Gasteiger partial charge on any atom is 0.355 e. The van der Waals surface area contributed by atoms with Crippen LogP contribution in [0.25, 0.3) is 0 Å². The number of hydrogen-bond donors (Lipinski definition) is 0. The van der Waals surface area contributed by atoms with E-state index in [1.165, 1.54) is 6.08 Å². The van der Waals surface area contributed by atoms with Gasteiger partial charge in [-0.1, -0.05) is 30.8 Å². The van der Waals surface area contributed by atoms with Gasteiger partial charge in [0.1, 0.15) is 0 Å². The van der Waals surface area contributed by atoms with Gasteiger partial charge in [-0.15, -0.1) is 0 Å². The molecular weight excluding hydrogens is 339 g/mol. The fourth-order valence-electron chi connectivity index (χ4n) is 0.267. The Morgan fingerprint density at radius 2 is 1.29 bits per heavy atom. The van der Waals surface area contributed by atoms with E-state index in [4.69, 9.17) is 11.6 Å². The van der Waals surface area contributed by atoms with Crippen LogP contribution in [0.1, 0.15) is 0 Å². The molecule has 0 fully saturated rings. The number of halogens is 3. The molecule has 0 amide bonds. The van der Waals surface area contributed by atoms with Crippen LogP contribution < -0.4 is 0 Å². The lowest BCUT2D eigenvalue weighted by Gasteiger charge is -1.97. The third kappa shape index (κ3) is 26.0. The van der Waals surface area contributed by atoms with E-state index in [0.29, 0.717) is 5.03 Å². The highest BCUT2D eigenvalue weighted by atomic mass is 35.7. The summed E-state index contributed by atoms with van der Waals surface area (Å²) in [5.41, 5.74) is 0. The molecule has 0 rings (SSSR count). The molecule has 11 heteroatoms. The predicted molar refractivity (Wildman–Crippen MR) is 66.6 cm³/mol. The Balaban J connectivity index is 0. The quantitative estimate of drug-likeness (QED) is 0.414. The average molecular weight is 348 g/mol. The molecule has 0 aromatic carbocycles. The maximum absolute atomic E-state index is 10.1. The molecule has 0 N–H and O–H groups in total. The molecule has 0 unspecified atom stereocenters. The first-order valence-corrected chi connectivity index (χ1v) is 8.47. The van der Waals surface area contributed by atoms with Crippen LogP contribution in [0, 0.1) is 0 Å². The highest BCUT2D eigenvalue weighted by molar-refractivity contribution is 8.10. The van der Waals surface area contributed by atoms with Crippen molar-refractivity contribution in [3.05, 3.63) is 24.3 Å². The van der Waals surface area contributed by atoms with E-state index in [-0.39, 0.29) is 0 Å². The van der Waals surface area contributed by atoms with Crippen molar-refractivity contribution in [3.8, 4) is 0 Å². The molecule has 0 saturated heterocycles. The first-order valence-electron chi connectivity index (χ1n) is 3.63. The topological polar surface area (TPSA) is 86.7 Å². The van der Waals surface area contributed by atoms with E-state index >= 15 is 0 Å². The van der Waals surface area contributed by atoms with Crippen molar-refractivity contribution in [2.45, 2.75) is 0 Å². The molecule has 0 aromatic rings. The van der Waals surface area contributed by atoms with Crippen LogP contribution in [0.2, 0.25) is 0 Å². The summed E-state index contributed by atoms with van der Waals surface area (Å²) in [5.74, 6) is 0. The Morgan fingerprint density at radius 3 is 1.41 bits per heavy atom. The summed E-state index contributed by atoms with van der Waals surface area (Å²) in [7, 11) is 1.02. The van der Waals surface area contributed by atoms with Gasteiger partial charge in [-0.2, -0.15) is 16.8 Å². The van der Waals surface area contributed by atoms with Crippen LogP contribution >= 0.6 is 33.0 Å². The molecule has 0 saturated carbocycles. The van der Waals surface area contributed by atoms with E-state index < -0.39 is 31.9 Å². The first-order chi connectivity index (χ1) is 7.48. The summed E-state index contributed by atoms with van der Waals surface area (Å²) in [6.07, 6.45) is 1.49. The van der Waals surface area contributed by atoms with Gasteiger partial charge < -0.3 is 0 Å². The Bertz CT molecular complexity index is 406. The lowest BCUT2D eigenvalue weighted by molar-refractivity contribution is 0.233. The van der Waals surface area contributed by atoms with Gasteiger partial charge in [0, 0.05) is 26.4 Å². The lowest BCUT2D eigenvalue weighted by Crippen LogP contribution is -2.08. The molecular formula is C6H9Cl3O6S2. The number of hydrogen-bond acceptors (Lipinski definition) is 6. The van der Waals surface area contributed by atoms with Gasteiger partial charge in [0.2, 0.25) is 0 Å². The SMILES string of the molecule is C=CC(=C)Cl.O=S(=O)(Cl)OCCOS(=O)(=O)Cl. The zero-order valence-electron chi connectivity index (χ0n) is 8.31. The van der Waals surface area contributed by atoms with E-state index in [1.807, 2.05) is 0 Å². The van der Waals surface area contributed by atoms with Gasteiger partial charge in [-0.3, -0.25) is 8.37 Å². The fraction of sp³-hybridized carbons (Fsp3) is 0.333. The van der Waals surface area contributed by atoms with Crippen molar-refractivity contribution < 1.29 is 25.2 Å². The smallest absolute Gasteiger partial charge is 0.255 e. The maximum atomic E-state index is 10.1. The average Bonchev–Trinajstić information content (AvgIpc) is 2.10. The molecule has 102 valence electrons. The Kier molecular flexibility index (Phi) is 10.5.